The lowest BCUT2D eigenvalue weighted by atomic mass is 9.82. The molecule has 0 unspecified atom stereocenters. The van der Waals surface area contributed by atoms with Crippen LogP contribution in [0.5, 0.6) is 0 Å². The molecule has 0 spiro atoms. The van der Waals surface area contributed by atoms with E-state index in [1.807, 2.05) is 0 Å². The van der Waals surface area contributed by atoms with Gasteiger partial charge in [0, 0.05) is 18.7 Å². The zero-order valence-electron chi connectivity index (χ0n) is 12.6. The first-order chi connectivity index (χ1) is 10.5. The van der Waals surface area contributed by atoms with Crippen LogP contribution in [0.3, 0.4) is 0 Å². The molecule has 0 saturated heterocycles. The predicted octanol–water partition coefficient (Wildman–Crippen LogP) is 2.93. The number of nitrogens with zero attached hydrogens (tertiary/aromatic N) is 1. The van der Waals surface area contributed by atoms with E-state index in [9.17, 15) is 18.7 Å². The van der Waals surface area contributed by atoms with Gasteiger partial charge in [0.25, 0.3) is 0 Å². The summed E-state index contributed by atoms with van der Waals surface area (Å²) in [5.41, 5.74) is -0.272. The molecule has 5 heteroatoms. The first kappa shape index (κ1) is 15.4. The van der Waals surface area contributed by atoms with Crippen molar-refractivity contribution in [2.24, 2.45) is 0 Å². The molecule has 1 aliphatic heterocycles. The molecule has 22 heavy (non-hydrogen) atoms. The maximum absolute atomic E-state index is 13.9. The summed E-state index contributed by atoms with van der Waals surface area (Å²) in [5, 5.41) is 10.5. The number of rotatable bonds is 2. The van der Waals surface area contributed by atoms with Crippen LogP contribution >= 0.6 is 0 Å². The number of benzene rings is 1. The fraction of sp³-hybridized carbons (Fsp3) is 0.588. The Bertz CT molecular complexity index is 582. The van der Waals surface area contributed by atoms with Gasteiger partial charge in [0.2, 0.25) is 5.91 Å². The van der Waals surface area contributed by atoms with Crippen LogP contribution in [0, 0.1) is 11.6 Å². The molecule has 2 aliphatic rings. The van der Waals surface area contributed by atoms with Crippen LogP contribution in [0.4, 0.5) is 8.78 Å². The first-order valence-electron chi connectivity index (χ1n) is 7.94. The van der Waals surface area contributed by atoms with Gasteiger partial charge in [-0.1, -0.05) is 19.3 Å². The SMILES string of the molecule is O=C(CC1(O)CCCCC1)N1CCc2c(F)ccc(F)c2C1. The Balaban J connectivity index is 1.71. The second-order valence-corrected chi connectivity index (χ2v) is 6.51. The molecule has 1 aromatic rings. The molecule has 120 valence electrons. The van der Waals surface area contributed by atoms with Crippen molar-refractivity contribution in [1.29, 1.82) is 0 Å². The van der Waals surface area contributed by atoms with Gasteiger partial charge in [0.1, 0.15) is 11.6 Å². The van der Waals surface area contributed by atoms with Crippen molar-refractivity contribution in [3.05, 3.63) is 34.9 Å². The molecule has 1 saturated carbocycles. The average Bonchev–Trinajstić information content (AvgIpc) is 2.51. The van der Waals surface area contributed by atoms with E-state index < -0.39 is 17.2 Å². The van der Waals surface area contributed by atoms with Gasteiger partial charge < -0.3 is 10.0 Å². The first-order valence-corrected chi connectivity index (χ1v) is 7.94. The maximum atomic E-state index is 13.9. The summed E-state index contributed by atoms with van der Waals surface area (Å²) >= 11 is 0. The van der Waals surface area contributed by atoms with Crippen molar-refractivity contribution in [3.8, 4) is 0 Å². The van der Waals surface area contributed by atoms with E-state index >= 15 is 0 Å². The normalized spacial score (nSPS) is 20.6. The van der Waals surface area contributed by atoms with E-state index in [1.54, 1.807) is 0 Å². The number of amides is 1. The van der Waals surface area contributed by atoms with Crippen LogP contribution in [-0.4, -0.2) is 28.1 Å². The number of carbonyl (C=O) groups excluding carboxylic acids is 1. The quantitative estimate of drug-likeness (QED) is 0.912. The zero-order valence-corrected chi connectivity index (χ0v) is 12.6. The number of fused-ring (bicyclic) bond motifs is 1. The molecule has 1 aliphatic carbocycles. The van der Waals surface area contributed by atoms with Crippen molar-refractivity contribution in [3.63, 3.8) is 0 Å². The summed E-state index contributed by atoms with van der Waals surface area (Å²) in [6, 6.07) is 2.24. The van der Waals surface area contributed by atoms with Crippen LogP contribution in [0.1, 0.15) is 49.7 Å². The molecule has 0 radical (unpaired) electrons. The van der Waals surface area contributed by atoms with E-state index in [0.29, 0.717) is 31.4 Å². The molecule has 1 amide bonds. The maximum Gasteiger partial charge on any atom is 0.225 e. The number of halogens is 2. The second-order valence-electron chi connectivity index (χ2n) is 6.51. The van der Waals surface area contributed by atoms with E-state index in [-0.39, 0.29) is 24.4 Å². The molecule has 1 aromatic carbocycles. The fourth-order valence-corrected chi connectivity index (χ4v) is 3.59. The highest BCUT2D eigenvalue weighted by Gasteiger charge is 2.34. The van der Waals surface area contributed by atoms with Crippen molar-refractivity contribution >= 4 is 5.91 Å². The van der Waals surface area contributed by atoms with Gasteiger partial charge in [-0.25, -0.2) is 8.78 Å². The molecule has 1 fully saturated rings. The number of hydrogen-bond acceptors (Lipinski definition) is 2. The molecule has 0 atom stereocenters. The summed E-state index contributed by atoms with van der Waals surface area (Å²) < 4.78 is 27.6. The van der Waals surface area contributed by atoms with Crippen LogP contribution in [0.25, 0.3) is 0 Å². The Labute approximate surface area is 128 Å². The summed E-state index contributed by atoms with van der Waals surface area (Å²) in [6.45, 7) is 0.468. The highest BCUT2D eigenvalue weighted by molar-refractivity contribution is 5.77. The third-order valence-electron chi connectivity index (χ3n) is 4.91. The molecule has 0 aromatic heterocycles. The van der Waals surface area contributed by atoms with Gasteiger partial charge in [-0.15, -0.1) is 0 Å². The van der Waals surface area contributed by atoms with E-state index in [1.165, 1.54) is 4.90 Å². The molecule has 0 bridgehead atoms. The topological polar surface area (TPSA) is 40.5 Å². The predicted molar refractivity (Wildman–Crippen MR) is 78.1 cm³/mol. The molecular weight excluding hydrogens is 288 g/mol. The minimum Gasteiger partial charge on any atom is -0.389 e. The molecule has 3 nitrogen and oxygen atoms in total. The van der Waals surface area contributed by atoms with Gasteiger partial charge >= 0.3 is 0 Å². The molecule has 1 N–H and O–H groups in total. The third kappa shape index (κ3) is 3.00. The molecular formula is C17H21F2NO2. The smallest absolute Gasteiger partial charge is 0.225 e. The summed E-state index contributed by atoms with van der Waals surface area (Å²) in [6.07, 6.45) is 4.66. The summed E-state index contributed by atoms with van der Waals surface area (Å²) in [7, 11) is 0. The fourth-order valence-electron chi connectivity index (χ4n) is 3.59. The minimum atomic E-state index is -0.921. The highest BCUT2D eigenvalue weighted by Crippen LogP contribution is 2.32. The van der Waals surface area contributed by atoms with Crippen molar-refractivity contribution in [2.75, 3.05) is 6.54 Å². The minimum absolute atomic E-state index is 0.0826. The summed E-state index contributed by atoms with van der Waals surface area (Å²) in [4.78, 5) is 14.0. The molecule has 3 rings (SSSR count). The highest BCUT2D eigenvalue weighted by atomic mass is 19.1. The Morgan fingerprint density at radius 3 is 2.45 bits per heavy atom. The lowest BCUT2D eigenvalue weighted by Crippen LogP contribution is -2.43. The molecule has 1 heterocycles. The van der Waals surface area contributed by atoms with Crippen LogP contribution in [0.2, 0.25) is 0 Å². The van der Waals surface area contributed by atoms with Gasteiger partial charge in [-0.2, -0.15) is 0 Å². The third-order valence-corrected chi connectivity index (χ3v) is 4.91. The van der Waals surface area contributed by atoms with E-state index in [0.717, 1.165) is 31.4 Å². The Morgan fingerprint density at radius 2 is 1.77 bits per heavy atom. The lowest BCUT2D eigenvalue weighted by Gasteiger charge is -2.35. The Kier molecular flexibility index (Phi) is 4.17. The zero-order chi connectivity index (χ0) is 15.7. The number of hydrogen-bond donors (Lipinski definition) is 1. The standard InChI is InChI=1S/C17H21F2NO2/c18-14-4-5-15(19)13-11-20(9-6-12(13)14)16(21)10-17(22)7-2-1-3-8-17/h4-5,22H,1-3,6-11H2. The van der Waals surface area contributed by atoms with Crippen LogP contribution < -0.4 is 0 Å². The lowest BCUT2D eigenvalue weighted by molar-refractivity contribution is -0.138. The number of carbonyl (C=O) groups is 1. The van der Waals surface area contributed by atoms with Crippen molar-refractivity contribution < 1.29 is 18.7 Å². The van der Waals surface area contributed by atoms with Gasteiger partial charge in [-0.05, 0) is 37.0 Å². The Hall–Kier alpha value is -1.49. The van der Waals surface area contributed by atoms with E-state index in [2.05, 4.69) is 0 Å². The van der Waals surface area contributed by atoms with Crippen LogP contribution in [-0.2, 0) is 17.8 Å². The van der Waals surface area contributed by atoms with Gasteiger partial charge in [0.05, 0.1) is 12.0 Å². The monoisotopic (exact) mass is 309 g/mol. The average molecular weight is 309 g/mol. The number of aliphatic hydroxyl groups is 1. The second kappa shape index (κ2) is 5.95. The van der Waals surface area contributed by atoms with Gasteiger partial charge in [0.15, 0.2) is 0 Å². The van der Waals surface area contributed by atoms with Crippen molar-refractivity contribution in [2.45, 2.75) is 57.1 Å². The summed E-state index contributed by atoms with van der Waals surface area (Å²) in [5.74, 6) is -1.04. The van der Waals surface area contributed by atoms with Crippen LogP contribution in [0.15, 0.2) is 12.1 Å². The Morgan fingerprint density at radius 1 is 1.14 bits per heavy atom. The van der Waals surface area contributed by atoms with Gasteiger partial charge in [-0.3, -0.25) is 4.79 Å². The van der Waals surface area contributed by atoms with Crippen molar-refractivity contribution in [1.82, 2.24) is 4.90 Å². The van der Waals surface area contributed by atoms with E-state index in [4.69, 9.17) is 0 Å². The largest absolute Gasteiger partial charge is 0.389 e.